The third-order valence-electron chi connectivity index (χ3n) is 11.2. The number of hydrogen-bond acceptors (Lipinski definition) is 16. The first-order valence-electron chi connectivity index (χ1n) is 21.8. The van der Waals surface area contributed by atoms with Crippen molar-refractivity contribution in [3.8, 4) is 80.6 Å². The van der Waals surface area contributed by atoms with Gasteiger partial charge < -0.3 is 25.2 Å². The van der Waals surface area contributed by atoms with Crippen molar-refractivity contribution in [2.24, 2.45) is 0 Å². The average molecular weight is 987 g/mol. The maximum atomic E-state index is 15.8. The monoisotopic (exact) mass is 986 g/mol. The number of sulfone groups is 2. The van der Waals surface area contributed by atoms with E-state index in [4.69, 9.17) is 19.6 Å². The Labute approximate surface area is 402 Å². The molecule has 21 heteroatoms. The number of rotatable bonds is 15. The van der Waals surface area contributed by atoms with E-state index in [-0.39, 0.29) is 79.6 Å². The quantitative estimate of drug-likeness (QED) is 0.0536. The second-order valence-corrected chi connectivity index (χ2v) is 21.6. The van der Waals surface area contributed by atoms with Crippen LogP contribution in [0.2, 0.25) is 0 Å². The number of halogens is 2. The van der Waals surface area contributed by atoms with Crippen LogP contribution < -0.4 is 20.9 Å². The van der Waals surface area contributed by atoms with Gasteiger partial charge in [0.1, 0.15) is 17.3 Å². The Balaban J connectivity index is 0.982. The molecule has 0 aliphatic heterocycles. The fourth-order valence-corrected chi connectivity index (χ4v) is 9.18. The Hall–Kier alpha value is -7.80. The van der Waals surface area contributed by atoms with Crippen LogP contribution in [-0.4, -0.2) is 69.7 Å². The fraction of sp³-hybridized carbons (Fsp3) is 0.224. The number of nitrogens with two attached hydrogens (primary N) is 1. The second-order valence-electron chi connectivity index (χ2n) is 16.6. The van der Waals surface area contributed by atoms with Gasteiger partial charge in [-0.25, -0.2) is 40.6 Å². The molecule has 0 unspecified atom stereocenters. The number of nitrogens with one attached hydrogen (secondary N) is 2. The molecule has 0 bridgehead atoms. The summed E-state index contributed by atoms with van der Waals surface area (Å²) in [5.41, 5.74) is 10.6. The zero-order chi connectivity index (χ0) is 49.9. The molecule has 0 amide bonds. The van der Waals surface area contributed by atoms with Crippen molar-refractivity contribution in [1.82, 2.24) is 46.0 Å². The third kappa shape index (κ3) is 10.1. The molecule has 17 nitrogen and oxygen atoms in total. The van der Waals surface area contributed by atoms with Crippen LogP contribution in [0.1, 0.15) is 44.5 Å². The maximum Gasteiger partial charge on any atom is 0.273 e. The summed E-state index contributed by atoms with van der Waals surface area (Å²) in [7, 11) is -5.57. The van der Waals surface area contributed by atoms with Crippen LogP contribution in [-0.2, 0) is 39.3 Å². The molecule has 0 spiro atoms. The molecule has 8 aromatic rings. The van der Waals surface area contributed by atoms with E-state index >= 15 is 8.78 Å². The van der Waals surface area contributed by atoms with E-state index < -0.39 is 41.8 Å². The average Bonchev–Trinajstić information content (AvgIpc) is 4.04. The molecule has 4 aromatic heterocycles. The van der Waals surface area contributed by atoms with Crippen molar-refractivity contribution in [3.63, 3.8) is 0 Å². The molecule has 0 radical (unpaired) electrons. The number of aromatic nitrogens is 8. The van der Waals surface area contributed by atoms with Crippen LogP contribution in [0.25, 0.3) is 68.6 Å². The van der Waals surface area contributed by atoms with Gasteiger partial charge in [0.15, 0.2) is 43.1 Å². The summed E-state index contributed by atoms with van der Waals surface area (Å²) in [6.07, 6.45) is 2.89. The first-order valence-corrected chi connectivity index (χ1v) is 24.9. The highest BCUT2D eigenvalue weighted by molar-refractivity contribution is 7.92. The van der Waals surface area contributed by atoms with Crippen molar-refractivity contribution in [2.45, 2.75) is 74.5 Å². The minimum absolute atomic E-state index is 0.00917. The van der Waals surface area contributed by atoms with E-state index in [0.717, 1.165) is 23.3 Å². The zero-order valence-electron chi connectivity index (χ0n) is 38.7. The predicted molar refractivity (Wildman–Crippen MR) is 256 cm³/mol. The summed E-state index contributed by atoms with van der Waals surface area (Å²) in [5.74, 6) is 1.94. The normalized spacial score (nSPS) is 11.8. The number of benzene rings is 4. The Morgan fingerprint density at radius 1 is 0.671 bits per heavy atom. The number of anilines is 1. The largest absolute Gasteiger partial charge is 0.414 e. The third-order valence-corrected chi connectivity index (χ3v) is 15.5. The van der Waals surface area contributed by atoms with Crippen LogP contribution in [0.15, 0.2) is 116 Å². The Bertz CT molecular complexity index is 3540. The van der Waals surface area contributed by atoms with E-state index in [1.54, 1.807) is 29.8 Å². The molecule has 0 fully saturated rings. The molecular weight excluding hydrogens is 941 g/mol. The lowest BCUT2D eigenvalue weighted by Crippen LogP contribution is -2.38. The number of nitrogens with zero attached hydrogens (tertiary/aromatic N) is 8. The fourth-order valence-electron chi connectivity index (χ4n) is 7.04. The molecule has 0 aliphatic carbocycles. The Kier molecular flexibility index (Phi) is 13.9. The van der Waals surface area contributed by atoms with Crippen LogP contribution in [0, 0.1) is 30.5 Å². The molecule has 0 aliphatic rings. The van der Waals surface area contributed by atoms with Gasteiger partial charge in [0, 0.05) is 48.3 Å². The Morgan fingerprint density at radius 3 is 1.67 bits per heavy atom. The SMILES string of the molecule is CNCc1ccc(-c2nnc(-c3nc(-c4ccc(S(=O)(=O)C(C)C)cc4F)c[n+](CC#CNCc4ccc(-c5nnc(-c6nc(-c7ccc(S(=O)(=O)C(C)C)cc7F)cnc6N)o5)cc4)c3C)o2)cc1. The first-order chi connectivity index (χ1) is 33.4. The predicted octanol–water partition coefficient (Wildman–Crippen LogP) is 6.93. The van der Waals surface area contributed by atoms with Crippen molar-refractivity contribution in [1.29, 1.82) is 0 Å². The topological polar surface area (TPSA) is 239 Å². The summed E-state index contributed by atoms with van der Waals surface area (Å²) >= 11 is 0. The summed E-state index contributed by atoms with van der Waals surface area (Å²) in [5, 5.41) is 21.5. The lowest BCUT2D eigenvalue weighted by molar-refractivity contribution is -0.690. The van der Waals surface area contributed by atoms with E-state index in [0.29, 0.717) is 29.9 Å². The number of hydrogen-bond donors (Lipinski definition) is 3. The van der Waals surface area contributed by atoms with E-state index in [1.807, 2.05) is 43.4 Å². The van der Waals surface area contributed by atoms with Gasteiger partial charge >= 0.3 is 0 Å². The highest BCUT2D eigenvalue weighted by Crippen LogP contribution is 2.32. The maximum absolute atomic E-state index is 15.8. The van der Waals surface area contributed by atoms with Gasteiger partial charge in [0.05, 0.1) is 32.2 Å². The van der Waals surface area contributed by atoms with Gasteiger partial charge in [0.2, 0.25) is 24.0 Å². The molecule has 4 N–H and O–H groups in total. The molecule has 70 heavy (non-hydrogen) atoms. The lowest BCUT2D eigenvalue weighted by Gasteiger charge is -2.10. The van der Waals surface area contributed by atoms with Gasteiger partial charge in [-0.3, -0.25) is 0 Å². The lowest BCUT2D eigenvalue weighted by atomic mass is 10.1. The van der Waals surface area contributed by atoms with E-state index in [9.17, 15) is 16.8 Å². The Morgan fingerprint density at radius 2 is 1.16 bits per heavy atom. The number of nitrogen functional groups attached to an aromatic ring is 1. The summed E-state index contributed by atoms with van der Waals surface area (Å²) in [6.45, 7) is 9.08. The highest BCUT2D eigenvalue weighted by atomic mass is 32.2. The highest BCUT2D eigenvalue weighted by Gasteiger charge is 2.27. The molecule has 358 valence electrons. The van der Waals surface area contributed by atoms with Crippen LogP contribution in [0.4, 0.5) is 14.6 Å². The van der Waals surface area contributed by atoms with Gasteiger partial charge in [-0.2, -0.15) is 4.57 Å². The van der Waals surface area contributed by atoms with Gasteiger partial charge in [-0.05, 0) is 112 Å². The van der Waals surface area contributed by atoms with Crippen molar-refractivity contribution in [2.75, 3.05) is 12.8 Å². The molecule has 0 saturated heterocycles. The van der Waals surface area contributed by atoms with Crippen LogP contribution in [0.3, 0.4) is 0 Å². The molecular formula is C49H46F2N11O6S2+. The second kappa shape index (κ2) is 20.0. The molecule has 0 atom stereocenters. The smallest absolute Gasteiger partial charge is 0.273 e. The van der Waals surface area contributed by atoms with E-state index in [2.05, 4.69) is 53.0 Å². The standard InChI is InChI=1S/C49H46F2N11O6S2/c1-28(2)69(63,64)35-16-18-37(39(50)22-35)41-26-55-45(52)44(56-41)49-61-59-47(68-49)34-14-10-32(11-15-34)25-54-20-7-21-62-27-42(38-19-17-36(23-40(38)51)70(65,66)29(3)4)57-43(30(62)5)48-60-58-46(67-48)33-12-8-31(9-13-33)24-53-6/h8-19,22-23,26-29,53-54H,21,24-25H2,1-6H3,(H2,52,55)/q+1. The molecule has 4 heterocycles. The van der Waals surface area contributed by atoms with Gasteiger partial charge in [-0.15, -0.1) is 20.4 Å². The molecule has 0 saturated carbocycles. The minimum Gasteiger partial charge on any atom is -0.414 e. The van der Waals surface area contributed by atoms with Crippen molar-refractivity contribution in [3.05, 3.63) is 126 Å². The summed E-state index contributed by atoms with van der Waals surface area (Å²) in [4.78, 5) is 13.0. The van der Waals surface area contributed by atoms with Crippen molar-refractivity contribution >= 4 is 25.5 Å². The van der Waals surface area contributed by atoms with E-state index in [1.165, 1.54) is 58.2 Å². The van der Waals surface area contributed by atoms with Crippen molar-refractivity contribution < 1.29 is 39.0 Å². The van der Waals surface area contributed by atoms with Gasteiger partial charge in [0.25, 0.3) is 11.8 Å². The molecule has 4 aromatic carbocycles. The summed E-state index contributed by atoms with van der Waals surface area (Å²) < 4.78 is 95.7. The summed E-state index contributed by atoms with van der Waals surface area (Å²) in [6, 6.07) is 25.2. The molecule has 8 rings (SSSR count). The van der Waals surface area contributed by atoms with Crippen LogP contribution in [0.5, 0.6) is 0 Å². The zero-order valence-corrected chi connectivity index (χ0v) is 40.3. The van der Waals surface area contributed by atoms with Gasteiger partial charge in [-0.1, -0.05) is 24.3 Å². The minimum atomic E-state index is -3.74. The van der Waals surface area contributed by atoms with Crippen LogP contribution >= 0.6 is 0 Å². The first kappa shape index (κ1) is 48.6.